The summed E-state index contributed by atoms with van der Waals surface area (Å²) in [5.41, 5.74) is 0.526. The fourth-order valence-electron chi connectivity index (χ4n) is 1.72. The Morgan fingerprint density at radius 3 is 3.10 bits per heavy atom. The van der Waals surface area contributed by atoms with E-state index in [-0.39, 0.29) is 6.54 Å². The average Bonchev–Trinajstić information content (AvgIpc) is 3.19. The predicted octanol–water partition coefficient (Wildman–Crippen LogP) is 1.41. The molecule has 0 radical (unpaired) electrons. The second-order valence-corrected chi connectivity index (χ2v) is 4.25. The molecular weight excluding hydrogens is 262 g/mol. The average molecular weight is 275 g/mol. The molecule has 0 aliphatic heterocycles. The van der Waals surface area contributed by atoms with Crippen LogP contribution >= 0.6 is 0 Å². The van der Waals surface area contributed by atoms with E-state index in [1.165, 1.54) is 4.68 Å². The second kappa shape index (κ2) is 5.25. The van der Waals surface area contributed by atoms with Crippen LogP contribution in [-0.2, 0) is 6.54 Å². The predicted molar refractivity (Wildman–Crippen MR) is 66.4 cm³/mol. The molecule has 0 amide bonds. The highest BCUT2D eigenvalue weighted by atomic mass is 16.5. The van der Waals surface area contributed by atoms with Gasteiger partial charge in [0, 0.05) is 0 Å². The van der Waals surface area contributed by atoms with Gasteiger partial charge < -0.3 is 14.0 Å². The quantitative estimate of drug-likeness (QED) is 0.750. The van der Waals surface area contributed by atoms with Crippen molar-refractivity contribution in [1.82, 2.24) is 25.1 Å². The van der Waals surface area contributed by atoms with Gasteiger partial charge in [0.2, 0.25) is 11.7 Å². The molecule has 1 N–H and O–H groups in total. The molecule has 8 nitrogen and oxygen atoms in total. The Hall–Kier alpha value is -2.48. The number of hydrogen-bond donors (Lipinski definition) is 1. The van der Waals surface area contributed by atoms with Crippen LogP contribution in [0, 0.1) is 0 Å². The van der Waals surface area contributed by atoms with Gasteiger partial charge >= 0.3 is 0 Å². The van der Waals surface area contributed by atoms with Crippen LogP contribution in [0.15, 0.2) is 33.5 Å². The summed E-state index contributed by atoms with van der Waals surface area (Å²) in [6.07, 6.45) is 3.18. The third kappa shape index (κ3) is 2.45. The number of aromatic nitrogens is 5. The number of rotatable bonds is 5. The van der Waals surface area contributed by atoms with Crippen LogP contribution in [0.3, 0.4) is 0 Å². The molecule has 104 valence electrons. The van der Waals surface area contributed by atoms with E-state index in [1.54, 1.807) is 24.6 Å². The van der Waals surface area contributed by atoms with E-state index in [2.05, 4.69) is 20.5 Å². The van der Waals surface area contributed by atoms with Gasteiger partial charge in [-0.1, -0.05) is 17.3 Å². The van der Waals surface area contributed by atoms with Gasteiger partial charge in [0.05, 0.1) is 18.6 Å². The Kier molecular flexibility index (Phi) is 3.30. The molecule has 0 saturated carbocycles. The summed E-state index contributed by atoms with van der Waals surface area (Å²) in [5.74, 6) is 1.32. The molecule has 0 aliphatic carbocycles. The third-order valence-corrected chi connectivity index (χ3v) is 2.79. The largest absolute Gasteiger partial charge is 0.461 e. The zero-order valence-corrected chi connectivity index (χ0v) is 10.8. The minimum absolute atomic E-state index is 0.289. The highest BCUT2D eigenvalue weighted by Gasteiger charge is 2.14. The van der Waals surface area contributed by atoms with Gasteiger partial charge in [-0.3, -0.25) is 0 Å². The lowest BCUT2D eigenvalue weighted by atomic mass is 10.2. The number of furan rings is 1. The smallest absolute Gasteiger partial charge is 0.248 e. The van der Waals surface area contributed by atoms with E-state index in [4.69, 9.17) is 8.94 Å². The summed E-state index contributed by atoms with van der Waals surface area (Å²) < 4.78 is 11.8. The van der Waals surface area contributed by atoms with Crippen molar-refractivity contribution in [2.24, 2.45) is 0 Å². The summed E-state index contributed by atoms with van der Waals surface area (Å²) in [4.78, 5) is 4.20. The lowest BCUT2D eigenvalue weighted by Gasteiger charge is -2.00. The fraction of sp³-hybridized carbons (Fsp3) is 0.333. The molecule has 3 aromatic rings. The second-order valence-electron chi connectivity index (χ2n) is 4.25. The Morgan fingerprint density at radius 2 is 2.35 bits per heavy atom. The number of nitrogens with zero attached hydrogens (tertiary/aromatic N) is 5. The van der Waals surface area contributed by atoms with Crippen molar-refractivity contribution in [2.75, 3.05) is 0 Å². The van der Waals surface area contributed by atoms with Crippen LogP contribution in [0.4, 0.5) is 0 Å². The van der Waals surface area contributed by atoms with Crippen LogP contribution in [0.5, 0.6) is 0 Å². The van der Waals surface area contributed by atoms with Crippen LogP contribution in [-0.4, -0.2) is 30.2 Å². The summed E-state index contributed by atoms with van der Waals surface area (Å²) >= 11 is 0. The van der Waals surface area contributed by atoms with Gasteiger partial charge in [0.1, 0.15) is 12.2 Å². The lowest BCUT2D eigenvalue weighted by Crippen LogP contribution is -2.00. The Balaban J connectivity index is 1.73. The van der Waals surface area contributed by atoms with Crippen LogP contribution < -0.4 is 0 Å². The molecule has 20 heavy (non-hydrogen) atoms. The van der Waals surface area contributed by atoms with E-state index in [0.29, 0.717) is 29.6 Å². The summed E-state index contributed by atoms with van der Waals surface area (Å²) in [6.45, 7) is 2.16. The SMILES string of the molecule is CCC(O)c1cn(Cc2nc(-c3ccco3)no2)nn1. The Bertz CT molecular complexity index is 673. The van der Waals surface area contributed by atoms with Crippen molar-refractivity contribution in [3.8, 4) is 11.6 Å². The molecule has 3 rings (SSSR count). The Labute approximate surface area is 114 Å². The first-order chi connectivity index (χ1) is 9.76. The van der Waals surface area contributed by atoms with Crippen molar-refractivity contribution in [3.05, 3.63) is 36.2 Å². The van der Waals surface area contributed by atoms with Gasteiger partial charge in [-0.2, -0.15) is 4.98 Å². The van der Waals surface area contributed by atoms with Crippen molar-refractivity contribution in [3.63, 3.8) is 0 Å². The molecule has 1 atom stereocenters. The summed E-state index contributed by atoms with van der Waals surface area (Å²) in [6, 6.07) is 3.50. The molecule has 0 saturated heterocycles. The van der Waals surface area contributed by atoms with Crippen molar-refractivity contribution in [1.29, 1.82) is 0 Å². The van der Waals surface area contributed by atoms with Crippen molar-refractivity contribution < 1.29 is 14.0 Å². The zero-order valence-electron chi connectivity index (χ0n) is 10.8. The number of aliphatic hydroxyl groups excluding tert-OH is 1. The number of aliphatic hydroxyl groups is 1. The molecule has 0 aromatic carbocycles. The third-order valence-electron chi connectivity index (χ3n) is 2.79. The van der Waals surface area contributed by atoms with Gasteiger partial charge in [0.25, 0.3) is 0 Å². The van der Waals surface area contributed by atoms with Crippen LogP contribution in [0.1, 0.15) is 31.0 Å². The standard InChI is InChI=1S/C12H13N5O3/c1-2-9(18)8-6-17(16-14-8)7-11-13-12(15-20-11)10-4-3-5-19-10/h3-6,9,18H,2,7H2,1H3. The fourth-order valence-corrected chi connectivity index (χ4v) is 1.72. The lowest BCUT2D eigenvalue weighted by molar-refractivity contribution is 0.168. The zero-order chi connectivity index (χ0) is 13.9. The summed E-state index contributed by atoms with van der Waals surface area (Å²) in [7, 11) is 0. The van der Waals surface area contributed by atoms with Crippen molar-refractivity contribution in [2.45, 2.75) is 26.0 Å². The van der Waals surface area contributed by atoms with Crippen LogP contribution in [0.2, 0.25) is 0 Å². The maximum Gasteiger partial charge on any atom is 0.248 e. The molecule has 0 fully saturated rings. The molecule has 3 heterocycles. The van der Waals surface area contributed by atoms with E-state index in [9.17, 15) is 5.11 Å². The summed E-state index contributed by atoms with van der Waals surface area (Å²) in [5, 5.41) is 21.3. The molecule has 0 aliphatic rings. The normalized spacial score (nSPS) is 12.7. The topological polar surface area (TPSA) is 103 Å². The first kappa shape index (κ1) is 12.5. The minimum atomic E-state index is -0.606. The first-order valence-corrected chi connectivity index (χ1v) is 6.21. The first-order valence-electron chi connectivity index (χ1n) is 6.21. The molecule has 3 aromatic heterocycles. The molecule has 0 bridgehead atoms. The van der Waals surface area contributed by atoms with Gasteiger partial charge in [0.15, 0.2) is 5.76 Å². The van der Waals surface area contributed by atoms with E-state index in [1.807, 2.05) is 6.92 Å². The van der Waals surface area contributed by atoms with Crippen molar-refractivity contribution >= 4 is 0 Å². The highest BCUT2D eigenvalue weighted by Crippen LogP contribution is 2.16. The monoisotopic (exact) mass is 275 g/mol. The maximum atomic E-state index is 9.66. The van der Waals surface area contributed by atoms with Gasteiger partial charge in [-0.25, -0.2) is 4.68 Å². The molecule has 0 spiro atoms. The maximum absolute atomic E-state index is 9.66. The molecule has 1 unspecified atom stereocenters. The van der Waals surface area contributed by atoms with E-state index in [0.717, 1.165) is 0 Å². The molecule has 8 heteroatoms. The van der Waals surface area contributed by atoms with E-state index < -0.39 is 6.10 Å². The molecular formula is C12H13N5O3. The van der Waals surface area contributed by atoms with Crippen LogP contribution in [0.25, 0.3) is 11.6 Å². The number of hydrogen-bond acceptors (Lipinski definition) is 7. The minimum Gasteiger partial charge on any atom is -0.461 e. The van der Waals surface area contributed by atoms with E-state index >= 15 is 0 Å². The van der Waals surface area contributed by atoms with Gasteiger partial charge in [-0.05, 0) is 18.6 Å². The Morgan fingerprint density at radius 1 is 1.45 bits per heavy atom. The van der Waals surface area contributed by atoms with Gasteiger partial charge in [-0.15, -0.1) is 5.10 Å². The highest BCUT2D eigenvalue weighted by molar-refractivity contribution is 5.44.